The molecule has 10 heteroatoms. The summed E-state index contributed by atoms with van der Waals surface area (Å²) in [6.45, 7) is 9.12. The number of nitrogens with one attached hydrogen (secondary N) is 1. The molecule has 0 spiro atoms. The van der Waals surface area contributed by atoms with E-state index in [0.29, 0.717) is 19.4 Å². The molecule has 1 aromatic carbocycles. The molecular formula is C21H29N3O7. The SMILES string of the molecule is CC(C)[C@H](NC(=O)OC(C)(C)C)C(=O)N1CCC[C@H]1C(=O)Oc1ccc([N+](=O)[O-])cc1. The number of benzene rings is 1. The van der Waals surface area contributed by atoms with Gasteiger partial charge < -0.3 is 19.7 Å². The zero-order chi connectivity index (χ0) is 23.3. The average molecular weight is 435 g/mol. The first-order valence-electron chi connectivity index (χ1n) is 10.1. The van der Waals surface area contributed by atoms with Gasteiger partial charge in [0.1, 0.15) is 23.4 Å². The van der Waals surface area contributed by atoms with E-state index in [4.69, 9.17) is 9.47 Å². The first-order chi connectivity index (χ1) is 14.4. The Bertz CT molecular complexity index is 830. The number of nitrogens with zero attached hydrogens (tertiary/aromatic N) is 2. The number of alkyl carbamates (subject to hydrolysis) is 1. The van der Waals surface area contributed by atoms with E-state index in [2.05, 4.69) is 5.32 Å². The summed E-state index contributed by atoms with van der Waals surface area (Å²) in [4.78, 5) is 49.6. The molecule has 0 aromatic heterocycles. The van der Waals surface area contributed by atoms with Crippen molar-refractivity contribution in [1.82, 2.24) is 10.2 Å². The average Bonchev–Trinajstić information content (AvgIpc) is 3.14. The van der Waals surface area contributed by atoms with Crippen LogP contribution in [-0.2, 0) is 14.3 Å². The zero-order valence-corrected chi connectivity index (χ0v) is 18.4. The van der Waals surface area contributed by atoms with Crippen molar-refractivity contribution in [2.45, 2.75) is 65.1 Å². The van der Waals surface area contributed by atoms with E-state index in [1.54, 1.807) is 34.6 Å². The predicted octanol–water partition coefficient (Wildman–Crippen LogP) is 3.04. The van der Waals surface area contributed by atoms with E-state index in [-0.39, 0.29) is 23.3 Å². The highest BCUT2D eigenvalue weighted by atomic mass is 16.6. The second kappa shape index (κ2) is 9.76. The van der Waals surface area contributed by atoms with Gasteiger partial charge in [-0.1, -0.05) is 13.8 Å². The molecule has 0 unspecified atom stereocenters. The first kappa shape index (κ1) is 24.1. The topological polar surface area (TPSA) is 128 Å². The molecule has 0 bridgehead atoms. The lowest BCUT2D eigenvalue weighted by Gasteiger charge is -2.30. The van der Waals surface area contributed by atoms with Crippen molar-refractivity contribution >= 4 is 23.7 Å². The number of carbonyl (C=O) groups is 3. The highest BCUT2D eigenvalue weighted by Crippen LogP contribution is 2.24. The molecule has 0 saturated carbocycles. The van der Waals surface area contributed by atoms with Crippen molar-refractivity contribution in [2.24, 2.45) is 5.92 Å². The summed E-state index contributed by atoms with van der Waals surface area (Å²) in [7, 11) is 0. The van der Waals surface area contributed by atoms with Gasteiger partial charge in [0.05, 0.1) is 4.92 Å². The Balaban J connectivity index is 2.08. The number of hydrogen-bond acceptors (Lipinski definition) is 7. The minimum Gasteiger partial charge on any atom is -0.444 e. The van der Waals surface area contributed by atoms with Crippen LogP contribution >= 0.6 is 0 Å². The first-order valence-corrected chi connectivity index (χ1v) is 10.1. The van der Waals surface area contributed by atoms with Gasteiger partial charge in [0.25, 0.3) is 5.69 Å². The molecule has 10 nitrogen and oxygen atoms in total. The molecule has 1 aromatic rings. The number of carbonyl (C=O) groups excluding carboxylic acids is 3. The normalized spacial score (nSPS) is 17.2. The van der Waals surface area contributed by atoms with Crippen molar-refractivity contribution in [2.75, 3.05) is 6.54 Å². The van der Waals surface area contributed by atoms with Crippen molar-refractivity contribution in [3.05, 3.63) is 34.4 Å². The van der Waals surface area contributed by atoms with E-state index in [0.717, 1.165) is 0 Å². The van der Waals surface area contributed by atoms with Crippen molar-refractivity contribution < 1.29 is 28.8 Å². The summed E-state index contributed by atoms with van der Waals surface area (Å²) in [5.74, 6) is -1.09. The highest BCUT2D eigenvalue weighted by Gasteiger charge is 2.40. The molecule has 0 aliphatic carbocycles. The zero-order valence-electron chi connectivity index (χ0n) is 18.4. The number of nitro benzene ring substituents is 1. The molecule has 2 amide bonds. The van der Waals surface area contributed by atoms with Crippen LogP contribution in [0.4, 0.5) is 10.5 Å². The Kier molecular flexibility index (Phi) is 7.59. The molecular weight excluding hydrogens is 406 g/mol. The second-order valence-corrected chi connectivity index (χ2v) is 8.73. The monoisotopic (exact) mass is 435 g/mol. The number of non-ortho nitro benzene ring substituents is 1. The maximum atomic E-state index is 13.1. The van der Waals surface area contributed by atoms with Gasteiger partial charge in [-0.15, -0.1) is 0 Å². The fourth-order valence-electron chi connectivity index (χ4n) is 3.22. The van der Waals surface area contributed by atoms with Crippen LogP contribution in [0.5, 0.6) is 5.75 Å². The van der Waals surface area contributed by atoms with Crippen molar-refractivity contribution in [3.63, 3.8) is 0 Å². The minimum atomic E-state index is -0.859. The number of likely N-dealkylation sites (tertiary alicyclic amines) is 1. The van der Waals surface area contributed by atoms with Crippen LogP contribution < -0.4 is 10.1 Å². The number of ether oxygens (including phenoxy) is 2. The summed E-state index contributed by atoms with van der Waals surface area (Å²) in [5, 5.41) is 13.4. The van der Waals surface area contributed by atoms with Gasteiger partial charge in [-0.2, -0.15) is 0 Å². The summed E-state index contributed by atoms with van der Waals surface area (Å²) in [6, 6.07) is 3.47. The quantitative estimate of drug-likeness (QED) is 0.315. The Morgan fingerprint density at radius 1 is 1.19 bits per heavy atom. The third kappa shape index (κ3) is 6.66. The van der Waals surface area contributed by atoms with Gasteiger partial charge in [0, 0.05) is 18.7 Å². The molecule has 0 radical (unpaired) electrons. The molecule has 2 atom stereocenters. The summed E-state index contributed by atoms with van der Waals surface area (Å²) >= 11 is 0. The van der Waals surface area contributed by atoms with E-state index >= 15 is 0 Å². The minimum absolute atomic E-state index is 0.120. The van der Waals surface area contributed by atoms with Crippen LogP contribution in [-0.4, -0.2) is 52.0 Å². The van der Waals surface area contributed by atoms with E-state index in [1.807, 2.05) is 0 Å². The largest absolute Gasteiger partial charge is 0.444 e. The molecule has 1 aliphatic rings. The van der Waals surface area contributed by atoms with Crippen LogP contribution in [0.2, 0.25) is 0 Å². The van der Waals surface area contributed by atoms with Crippen molar-refractivity contribution in [1.29, 1.82) is 0 Å². The van der Waals surface area contributed by atoms with Crippen LogP contribution in [0.3, 0.4) is 0 Å². The predicted molar refractivity (Wildman–Crippen MR) is 111 cm³/mol. The molecule has 1 heterocycles. The highest BCUT2D eigenvalue weighted by molar-refractivity contribution is 5.91. The second-order valence-electron chi connectivity index (χ2n) is 8.73. The lowest BCUT2D eigenvalue weighted by Crippen LogP contribution is -2.54. The number of rotatable bonds is 6. The van der Waals surface area contributed by atoms with Gasteiger partial charge >= 0.3 is 12.1 Å². The van der Waals surface area contributed by atoms with Gasteiger partial charge in [-0.05, 0) is 51.7 Å². The van der Waals surface area contributed by atoms with Gasteiger partial charge in [0.2, 0.25) is 5.91 Å². The standard InChI is InChI=1S/C21H29N3O7/c1-13(2)17(22-20(27)31-21(3,4)5)18(25)23-12-6-7-16(23)19(26)30-15-10-8-14(9-11-15)24(28)29/h8-11,13,16-17H,6-7,12H2,1-5H3,(H,22,27)/t16-,17-/m0/s1. The van der Waals surface area contributed by atoms with E-state index in [1.165, 1.54) is 29.2 Å². The number of hydrogen-bond donors (Lipinski definition) is 1. The van der Waals surface area contributed by atoms with Gasteiger partial charge in [-0.3, -0.25) is 14.9 Å². The van der Waals surface area contributed by atoms with Gasteiger partial charge in [0.15, 0.2) is 0 Å². The molecule has 31 heavy (non-hydrogen) atoms. The lowest BCUT2D eigenvalue weighted by molar-refractivity contribution is -0.384. The maximum absolute atomic E-state index is 13.1. The van der Waals surface area contributed by atoms with E-state index in [9.17, 15) is 24.5 Å². The summed E-state index contributed by atoms with van der Waals surface area (Å²) in [5.41, 5.74) is -0.829. The Hall–Kier alpha value is -3.17. The summed E-state index contributed by atoms with van der Waals surface area (Å²) < 4.78 is 10.6. The number of esters is 1. The van der Waals surface area contributed by atoms with Crippen LogP contribution in [0.25, 0.3) is 0 Å². The number of nitro groups is 1. The summed E-state index contributed by atoms with van der Waals surface area (Å²) in [6.07, 6.45) is 0.335. The molecule has 1 saturated heterocycles. The van der Waals surface area contributed by atoms with Crippen LogP contribution in [0.1, 0.15) is 47.5 Å². The molecule has 1 aliphatic heterocycles. The van der Waals surface area contributed by atoms with Crippen molar-refractivity contribution in [3.8, 4) is 5.75 Å². The fraction of sp³-hybridized carbons (Fsp3) is 0.571. The molecule has 1 N–H and O–H groups in total. The van der Waals surface area contributed by atoms with E-state index < -0.39 is 34.7 Å². The Labute approximate surface area is 181 Å². The third-order valence-corrected chi connectivity index (χ3v) is 4.68. The smallest absolute Gasteiger partial charge is 0.408 e. The fourth-order valence-corrected chi connectivity index (χ4v) is 3.22. The third-order valence-electron chi connectivity index (χ3n) is 4.68. The Morgan fingerprint density at radius 3 is 2.32 bits per heavy atom. The lowest BCUT2D eigenvalue weighted by atomic mass is 10.0. The molecule has 170 valence electrons. The van der Waals surface area contributed by atoms with Crippen LogP contribution in [0.15, 0.2) is 24.3 Å². The van der Waals surface area contributed by atoms with Gasteiger partial charge in [-0.25, -0.2) is 9.59 Å². The molecule has 2 rings (SSSR count). The molecule has 1 fully saturated rings. The maximum Gasteiger partial charge on any atom is 0.408 e. The Morgan fingerprint density at radius 2 is 1.81 bits per heavy atom. The number of amides is 2. The van der Waals surface area contributed by atoms with Crippen LogP contribution in [0, 0.1) is 16.0 Å².